The van der Waals surface area contributed by atoms with Crippen molar-refractivity contribution < 1.29 is 4.74 Å². The van der Waals surface area contributed by atoms with Crippen molar-refractivity contribution >= 4 is 22.9 Å². The van der Waals surface area contributed by atoms with E-state index in [4.69, 9.17) is 16.3 Å². The molecule has 0 aliphatic carbocycles. The first-order valence-electron chi connectivity index (χ1n) is 6.30. The molecule has 0 fully saturated rings. The molecule has 0 radical (unpaired) electrons. The predicted octanol–water partition coefficient (Wildman–Crippen LogP) is 4.43. The van der Waals surface area contributed by atoms with Crippen molar-refractivity contribution in [2.45, 2.75) is 33.1 Å². The van der Waals surface area contributed by atoms with Gasteiger partial charge in [-0.3, -0.25) is 0 Å². The Morgan fingerprint density at radius 2 is 1.95 bits per heavy atom. The van der Waals surface area contributed by atoms with Gasteiger partial charge in [-0.25, -0.2) is 4.98 Å². The van der Waals surface area contributed by atoms with Crippen molar-refractivity contribution in [3.05, 3.63) is 44.9 Å². The molecular formula is C15H18ClNOS. The van der Waals surface area contributed by atoms with Gasteiger partial charge in [-0.2, -0.15) is 0 Å². The van der Waals surface area contributed by atoms with Crippen LogP contribution in [0.1, 0.15) is 27.4 Å². The quantitative estimate of drug-likeness (QED) is 0.761. The van der Waals surface area contributed by atoms with Gasteiger partial charge < -0.3 is 4.74 Å². The molecule has 2 rings (SSSR count). The van der Waals surface area contributed by atoms with E-state index in [1.165, 1.54) is 16.7 Å². The number of aromatic nitrogens is 1. The van der Waals surface area contributed by atoms with Gasteiger partial charge in [0.2, 0.25) is 0 Å². The number of aryl methyl sites for hydroxylation is 2. The van der Waals surface area contributed by atoms with Crippen molar-refractivity contribution in [3.63, 3.8) is 0 Å². The van der Waals surface area contributed by atoms with Gasteiger partial charge in [0.05, 0.1) is 23.2 Å². The molecule has 0 aliphatic rings. The summed E-state index contributed by atoms with van der Waals surface area (Å²) in [6, 6.07) is 4.23. The van der Waals surface area contributed by atoms with E-state index in [1.807, 2.05) is 5.38 Å². The highest BCUT2D eigenvalue weighted by molar-refractivity contribution is 7.09. The lowest BCUT2D eigenvalue weighted by molar-refractivity contribution is 0.317. The summed E-state index contributed by atoms with van der Waals surface area (Å²) in [7, 11) is 0. The monoisotopic (exact) mass is 295 g/mol. The third-order valence-electron chi connectivity index (χ3n) is 3.17. The summed E-state index contributed by atoms with van der Waals surface area (Å²) in [5.41, 5.74) is 4.62. The summed E-state index contributed by atoms with van der Waals surface area (Å²) in [6.07, 6.45) is 0.828. The zero-order valence-electron chi connectivity index (χ0n) is 11.5. The van der Waals surface area contributed by atoms with Gasteiger partial charge >= 0.3 is 0 Å². The minimum absolute atomic E-state index is 0.480. The first-order chi connectivity index (χ1) is 9.11. The molecule has 0 unspecified atom stereocenters. The van der Waals surface area contributed by atoms with Crippen LogP contribution in [0.2, 0.25) is 0 Å². The molecule has 0 saturated heterocycles. The molecule has 1 heterocycles. The van der Waals surface area contributed by atoms with Crippen LogP contribution in [0.3, 0.4) is 0 Å². The van der Waals surface area contributed by atoms with E-state index >= 15 is 0 Å². The Bertz CT molecular complexity index is 565. The Hall–Kier alpha value is -1.06. The number of thiazole rings is 1. The average molecular weight is 296 g/mol. The van der Waals surface area contributed by atoms with Crippen LogP contribution in [0, 0.1) is 20.8 Å². The van der Waals surface area contributed by atoms with Gasteiger partial charge in [0.25, 0.3) is 0 Å². The summed E-state index contributed by atoms with van der Waals surface area (Å²) >= 11 is 7.39. The maximum Gasteiger partial charge on any atom is 0.125 e. The molecule has 0 amide bonds. The second-order valence-electron chi connectivity index (χ2n) is 4.62. The van der Waals surface area contributed by atoms with Gasteiger partial charge in [-0.1, -0.05) is 12.1 Å². The first-order valence-corrected chi connectivity index (χ1v) is 7.72. The van der Waals surface area contributed by atoms with Crippen molar-refractivity contribution in [2.75, 3.05) is 6.61 Å². The Morgan fingerprint density at radius 1 is 1.21 bits per heavy atom. The summed E-state index contributed by atoms with van der Waals surface area (Å²) in [5, 5.41) is 3.09. The summed E-state index contributed by atoms with van der Waals surface area (Å²) < 4.78 is 5.93. The van der Waals surface area contributed by atoms with Crippen LogP contribution in [0.15, 0.2) is 17.5 Å². The minimum Gasteiger partial charge on any atom is -0.493 e. The largest absolute Gasteiger partial charge is 0.493 e. The van der Waals surface area contributed by atoms with Crippen molar-refractivity contribution in [1.82, 2.24) is 4.98 Å². The van der Waals surface area contributed by atoms with E-state index in [1.54, 1.807) is 11.3 Å². The third-order valence-corrected chi connectivity index (χ3v) is 4.40. The summed E-state index contributed by atoms with van der Waals surface area (Å²) in [5.74, 6) is 1.49. The van der Waals surface area contributed by atoms with Crippen molar-refractivity contribution in [3.8, 4) is 5.75 Å². The number of benzene rings is 1. The molecule has 1 aromatic carbocycles. The topological polar surface area (TPSA) is 22.1 Å². The van der Waals surface area contributed by atoms with E-state index in [-0.39, 0.29) is 0 Å². The molecule has 0 saturated carbocycles. The normalized spacial score (nSPS) is 10.7. The SMILES string of the molecule is Cc1ccc(C)c(OCCc2nc(CCl)cs2)c1C. The number of hydrogen-bond acceptors (Lipinski definition) is 3. The van der Waals surface area contributed by atoms with Crippen LogP contribution in [0.25, 0.3) is 0 Å². The first kappa shape index (κ1) is 14.4. The second kappa shape index (κ2) is 6.40. The van der Waals surface area contributed by atoms with E-state index < -0.39 is 0 Å². The number of halogens is 1. The van der Waals surface area contributed by atoms with Gasteiger partial charge in [0.15, 0.2) is 0 Å². The molecule has 0 bridgehead atoms. The number of ether oxygens (including phenoxy) is 1. The Balaban J connectivity index is 1.97. The van der Waals surface area contributed by atoms with Gasteiger partial charge in [0, 0.05) is 11.8 Å². The molecule has 0 N–H and O–H groups in total. The molecule has 2 aromatic rings. The smallest absolute Gasteiger partial charge is 0.125 e. The molecule has 1 aromatic heterocycles. The fourth-order valence-electron chi connectivity index (χ4n) is 1.91. The Labute approximate surface area is 123 Å². The lowest BCUT2D eigenvalue weighted by Crippen LogP contribution is -2.04. The van der Waals surface area contributed by atoms with Crippen LogP contribution in [0.5, 0.6) is 5.75 Å². The maximum atomic E-state index is 5.93. The second-order valence-corrected chi connectivity index (χ2v) is 5.83. The lowest BCUT2D eigenvalue weighted by atomic mass is 10.1. The highest BCUT2D eigenvalue weighted by Crippen LogP contribution is 2.26. The Kier molecular flexibility index (Phi) is 4.83. The predicted molar refractivity (Wildman–Crippen MR) is 81.5 cm³/mol. The van der Waals surface area contributed by atoms with Crippen LogP contribution < -0.4 is 4.74 Å². The standard InChI is InChI=1S/C15H18ClNOS/c1-10-4-5-11(2)15(12(10)3)18-7-6-14-17-13(8-16)9-19-14/h4-5,9H,6-8H2,1-3H3. The Morgan fingerprint density at radius 3 is 2.63 bits per heavy atom. The molecule has 4 heteroatoms. The maximum absolute atomic E-state index is 5.93. The number of alkyl halides is 1. The molecule has 2 nitrogen and oxygen atoms in total. The third kappa shape index (κ3) is 3.48. The zero-order chi connectivity index (χ0) is 13.8. The molecule has 0 atom stereocenters. The number of rotatable bonds is 5. The molecule has 19 heavy (non-hydrogen) atoms. The highest BCUT2D eigenvalue weighted by atomic mass is 35.5. The molecule has 0 spiro atoms. The zero-order valence-corrected chi connectivity index (χ0v) is 13.1. The van der Waals surface area contributed by atoms with Crippen molar-refractivity contribution in [1.29, 1.82) is 0 Å². The average Bonchev–Trinajstić information content (AvgIpc) is 2.86. The number of hydrogen-bond donors (Lipinski definition) is 0. The van der Waals surface area contributed by atoms with Gasteiger partial charge in [0.1, 0.15) is 5.75 Å². The van der Waals surface area contributed by atoms with E-state index in [9.17, 15) is 0 Å². The van der Waals surface area contributed by atoms with Crippen LogP contribution in [0.4, 0.5) is 0 Å². The lowest BCUT2D eigenvalue weighted by Gasteiger charge is -2.13. The fraction of sp³-hybridized carbons (Fsp3) is 0.400. The molecular weight excluding hydrogens is 278 g/mol. The van der Waals surface area contributed by atoms with E-state index in [0.29, 0.717) is 12.5 Å². The summed E-state index contributed by atoms with van der Waals surface area (Å²) in [4.78, 5) is 4.43. The van der Waals surface area contributed by atoms with Crippen molar-refractivity contribution in [2.24, 2.45) is 0 Å². The van der Waals surface area contributed by atoms with E-state index in [2.05, 4.69) is 37.9 Å². The van der Waals surface area contributed by atoms with Crippen LogP contribution in [-0.4, -0.2) is 11.6 Å². The van der Waals surface area contributed by atoms with Gasteiger partial charge in [-0.15, -0.1) is 22.9 Å². The van der Waals surface area contributed by atoms with Crippen LogP contribution >= 0.6 is 22.9 Å². The summed E-state index contributed by atoms with van der Waals surface area (Å²) in [6.45, 7) is 6.94. The fourth-order valence-corrected chi connectivity index (χ4v) is 2.92. The molecule has 102 valence electrons. The highest BCUT2D eigenvalue weighted by Gasteiger charge is 2.07. The van der Waals surface area contributed by atoms with Crippen LogP contribution in [-0.2, 0) is 12.3 Å². The van der Waals surface area contributed by atoms with E-state index in [0.717, 1.165) is 22.9 Å². The minimum atomic E-state index is 0.480. The van der Waals surface area contributed by atoms with Gasteiger partial charge in [-0.05, 0) is 37.5 Å². The number of nitrogens with zero attached hydrogens (tertiary/aromatic N) is 1. The molecule has 0 aliphatic heterocycles.